The molecular formula is C11H10N6O2. The third kappa shape index (κ3) is 2.41. The van der Waals surface area contributed by atoms with Crippen LogP contribution in [0.4, 0.5) is 5.69 Å². The smallest absolute Gasteiger partial charge is 0.296 e. The van der Waals surface area contributed by atoms with Crippen molar-refractivity contribution in [2.45, 2.75) is 13.0 Å². The summed E-state index contributed by atoms with van der Waals surface area (Å²) in [6.45, 7) is 1.74. The molecule has 0 bridgehead atoms. The van der Waals surface area contributed by atoms with Crippen molar-refractivity contribution in [2.75, 3.05) is 0 Å². The van der Waals surface area contributed by atoms with Gasteiger partial charge >= 0.3 is 0 Å². The fraction of sp³-hybridized carbons (Fsp3) is 0.182. The van der Waals surface area contributed by atoms with Crippen LogP contribution in [0.2, 0.25) is 0 Å². The lowest BCUT2D eigenvalue weighted by Crippen LogP contribution is -2.05. The van der Waals surface area contributed by atoms with E-state index in [4.69, 9.17) is 11.0 Å². The first-order valence-electron chi connectivity index (χ1n) is 5.39. The van der Waals surface area contributed by atoms with Gasteiger partial charge in [0.2, 0.25) is 0 Å². The van der Waals surface area contributed by atoms with Crippen LogP contribution in [0, 0.1) is 21.4 Å². The molecule has 0 fully saturated rings. The van der Waals surface area contributed by atoms with E-state index in [9.17, 15) is 10.1 Å². The van der Waals surface area contributed by atoms with Crippen molar-refractivity contribution in [2.24, 2.45) is 5.73 Å². The van der Waals surface area contributed by atoms with Gasteiger partial charge in [0.05, 0.1) is 28.4 Å². The zero-order valence-corrected chi connectivity index (χ0v) is 10.0. The second kappa shape index (κ2) is 4.83. The van der Waals surface area contributed by atoms with Crippen molar-refractivity contribution in [1.29, 1.82) is 5.26 Å². The highest BCUT2D eigenvalue weighted by atomic mass is 16.6. The molecule has 8 heteroatoms. The third-order valence-corrected chi connectivity index (χ3v) is 2.53. The van der Waals surface area contributed by atoms with Crippen molar-refractivity contribution in [3.05, 3.63) is 45.8 Å². The van der Waals surface area contributed by atoms with E-state index in [1.807, 2.05) is 6.07 Å². The summed E-state index contributed by atoms with van der Waals surface area (Å²) < 4.78 is 1.28. The highest BCUT2D eigenvalue weighted by molar-refractivity contribution is 5.55. The lowest BCUT2D eigenvalue weighted by molar-refractivity contribution is -0.384. The van der Waals surface area contributed by atoms with Gasteiger partial charge in [-0.15, -0.1) is 5.10 Å². The van der Waals surface area contributed by atoms with Gasteiger partial charge in [0, 0.05) is 12.1 Å². The summed E-state index contributed by atoms with van der Waals surface area (Å²) >= 11 is 0. The zero-order valence-electron chi connectivity index (χ0n) is 10.0. The summed E-state index contributed by atoms with van der Waals surface area (Å²) in [6.07, 6.45) is 1.53. The highest BCUT2D eigenvalue weighted by Crippen LogP contribution is 2.23. The van der Waals surface area contributed by atoms with Crippen LogP contribution in [-0.2, 0) is 0 Å². The number of nitrogens with zero attached hydrogens (tertiary/aromatic N) is 5. The fourth-order valence-corrected chi connectivity index (χ4v) is 1.54. The number of nitro groups is 1. The van der Waals surface area contributed by atoms with E-state index in [1.54, 1.807) is 6.92 Å². The number of nitriles is 1. The van der Waals surface area contributed by atoms with E-state index in [0.717, 1.165) is 0 Å². The Kier molecular flexibility index (Phi) is 3.22. The first kappa shape index (κ1) is 12.7. The van der Waals surface area contributed by atoms with E-state index in [2.05, 4.69) is 10.3 Å². The molecule has 0 radical (unpaired) electrons. The summed E-state index contributed by atoms with van der Waals surface area (Å²) in [4.78, 5) is 10.4. The Morgan fingerprint density at radius 2 is 2.32 bits per heavy atom. The molecule has 2 rings (SSSR count). The minimum Gasteiger partial charge on any atom is -0.323 e. The van der Waals surface area contributed by atoms with Crippen molar-refractivity contribution in [3.63, 3.8) is 0 Å². The summed E-state index contributed by atoms with van der Waals surface area (Å²) in [7, 11) is 0. The Bertz CT molecular complexity index is 670. The minimum atomic E-state index is -0.566. The molecule has 0 saturated carbocycles. The van der Waals surface area contributed by atoms with Gasteiger partial charge in [-0.3, -0.25) is 10.1 Å². The molecule has 2 N–H and O–H groups in total. The van der Waals surface area contributed by atoms with Crippen molar-refractivity contribution in [3.8, 4) is 11.8 Å². The van der Waals surface area contributed by atoms with Gasteiger partial charge in [0.15, 0.2) is 0 Å². The molecule has 0 saturated heterocycles. The standard InChI is InChI=1S/C11H10N6O2/c1-7(13)9-6-16(15-14-9)10-3-2-8(5-12)4-11(10)17(18)19/h2-4,6-7H,13H2,1H3. The van der Waals surface area contributed by atoms with Crippen molar-refractivity contribution in [1.82, 2.24) is 15.0 Å². The van der Waals surface area contributed by atoms with Gasteiger partial charge in [0.25, 0.3) is 5.69 Å². The summed E-state index contributed by atoms with van der Waals surface area (Å²) in [5, 5.41) is 27.4. The molecule has 8 nitrogen and oxygen atoms in total. The second-order valence-electron chi connectivity index (χ2n) is 3.95. The monoisotopic (exact) mass is 258 g/mol. The van der Waals surface area contributed by atoms with Crippen molar-refractivity contribution >= 4 is 5.69 Å². The number of nitrogens with two attached hydrogens (primary N) is 1. The Morgan fingerprint density at radius 1 is 1.58 bits per heavy atom. The molecule has 96 valence electrons. The van der Waals surface area contributed by atoms with Crippen LogP contribution >= 0.6 is 0 Å². The third-order valence-electron chi connectivity index (χ3n) is 2.53. The van der Waals surface area contributed by atoms with Gasteiger partial charge < -0.3 is 5.73 Å². The maximum atomic E-state index is 11.0. The number of hydrogen-bond acceptors (Lipinski definition) is 6. The molecule has 1 atom stereocenters. The molecule has 1 unspecified atom stereocenters. The number of hydrogen-bond donors (Lipinski definition) is 1. The molecule has 0 amide bonds. The van der Waals surface area contributed by atoms with Gasteiger partial charge in [-0.25, -0.2) is 4.68 Å². The van der Waals surface area contributed by atoms with Gasteiger partial charge in [-0.1, -0.05) is 5.21 Å². The molecule has 2 aromatic rings. The Hall–Kier alpha value is -2.79. The largest absolute Gasteiger partial charge is 0.323 e. The topological polar surface area (TPSA) is 124 Å². The first-order valence-corrected chi connectivity index (χ1v) is 5.39. The SMILES string of the molecule is CC(N)c1cn(-c2ccc(C#N)cc2[N+](=O)[O-])nn1. The maximum absolute atomic E-state index is 11.0. The predicted molar refractivity (Wildman–Crippen MR) is 65.3 cm³/mol. The van der Waals surface area contributed by atoms with Crippen LogP contribution in [0.3, 0.4) is 0 Å². The number of rotatable bonds is 3. The van der Waals surface area contributed by atoms with Crippen LogP contribution in [0.25, 0.3) is 5.69 Å². The molecule has 1 aromatic heterocycles. The van der Waals surface area contributed by atoms with E-state index in [1.165, 1.54) is 29.1 Å². The minimum absolute atomic E-state index is 0.208. The van der Waals surface area contributed by atoms with Crippen LogP contribution in [0.15, 0.2) is 24.4 Å². The lowest BCUT2D eigenvalue weighted by atomic mass is 10.2. The van der Waals surface area contributed by atoms with Crippen LogP contribution in [-0.4, -0.2) is 19.9 Å². The van der Waals surface area contributed by atoms with Crippen LogP contribution < -0.4 is 5.73 Å². The van der Waals surface area contributed by atoms with E-state index >= 15 is 0 Å². The molecular weight excluding hydrogens is 248 g/mol. The van der Waals surface area contributed by atoms with Gasteiger partial charge in [-0.05, 0) is 19.1 Å². The summed E-state index contributed by atoms with van der Waals surface area (Å²) in [5.74, 6) is 0. The number of benzene rings is 1. The molecule has 0 aliphatic heterocycles. The van der Waals surface area contributed by atoms with Crippen molar-refractivity contribution < 1.29 is 4.92 Å². The zero-order chi connectivity index (χ0) is 14.0. The quantitative estimate of drug-likeness (QED) is 0.648. The van der Waals surface area contributed by atoms with Gasteiger partial charge in [-0.2, -0.15) is 5.26 Å². The average molecular weight is 258 g/mol. The molecule has 0 spiro atoms. The average Bonchev–Trinajstić information content (AvgIpc) is 2.87. The highest BCUT2D eigenvalue weighted by Gasteiger charge is 2.18. The number of aromatic nitrogens is 3. The molecule has 0 aliphatic carbocycles. The number of nitro benzene ring substituents is 1. The summed E-state index contributed by atoms with van der Waals surface area (Å²) in [6, 6.07) is 5.67. The van der Waals surface area contributed by atoms with E-state index in [-0.39, 0.29) is 23.0 Å². The molecule has 1 heterocycles. The molecule has 19 heavy (non-hydrogen) atoms. The van der Waals surface area contributed by atoms with E-state index in [0.29, 0.717) is 5.69 Å². The lowest BCUT2D eigenvalue weighted by Gasteiger charge is -2.02. The fourth-order valence-electron chi connectivity index (χ4n) is 1.54. The normalized spacial score (nSPS) is 11.8. The van der Waals surface area contributed by atoms with Crippen LogP contribution in [0.5, 0.6) is 0 Å². The molecule has 0 aliphatic rings. The Balaban J connectivity index is 2.55. The van der Waals surface area contributed by atoms with Crippen LogP contribution in [0.1, 0.15) is 24.2 Å². The van der Waals surface area contributed by atoms with Gasteiger partial charge in [0.1, 0.15) is 5.69 Å². The molecule has 1 aromatic carbocycles. The predicted octanol–water partition coefficient (Wildman–Crippen LogP) is 1.07. The Morgan fingerprint density at radius 3 is 2.84 bits per heavy atom. The summed E-state index contributed by atoms with van der Waals surface area (Å²) in [5.41, 5.74) is 6.42. The second-order valence-corrected chi connectivity index (χ2v) is 3.95. The maximum Gasteiger partial charge on any atom is 0.296 e. The first-order chi connectivity index (χ1) is 9.02. The Labute approximate surface area is 108 Å². The van der Waals surface area contributed by atoms with E-state index < -0.39 is 4.92 Å².